The van der Waals surface area contributed by atoms with Crippen LogP contribution in [0.3, 0.4) is 0 Å². The van der Waals surface area contributed by atoms with Gasteiger partial charge in [-0.15, -0.1) is 0 Å². The largest absolute Gasteiger partial charge is 0.458 e. The van der Waals surface area contributed by atoms with Crippen molar-refractivity contribution in [2.24, 2.45) is 7.05 Å². The fourth-order valence-corrected chi connectivity index (χ4v) is 1.67. The minimum absolute atomic E-state index is 0.0175. The Morgan fingerprint density at radius 3 is 2.69 bits per heavy atom. The van der Waals surface area contributed by atoms with Gasteiger partial charge in [0.25, 0.3) is 0 Å². The fraction of sp³-hybridized carbons (Fsp3) is 0.333. The third kappa shape index (κ3) is 2.05. The van der Waals surface area contributed by atoms with E-state index in [1.165, 1.54) is 0 Å². The molecule has 0 amide bonds. The summed E-state index contributed by atoms with van der Waals surface area (Å²) in [6, 6.07) is 5.41. The lowest BCUT2D eigenvalue weighted by Crippen LogP contribution is -2.06. The Labute approximate surface area is 93.9 Å². The van der Waals surface area contributed by atoms with Crippen LogP contribution in [0.25, 0.3) is 0 Å². The van der Waals surface area contributed by atoms with Crippen molar-refractivity contribution in [1.29, 1.82) is 0 Å². The molecule has 0 radical (unpaired) electrons. The van der Waals surface area contributed by atoms with Crippen LogP contribution in [0, 0.1) is 13.8 Å². The topological polar surface area (TPSA) is 48.0 Å². The number of hydrogen-bond donors (Lipinski definition) is 0. The van der Waals surface area contributed by atoms with Gasteiger partial charge in [-0.2, -0.15) is 5.10 Å². The van der Waals surface area contributed by atoms with Crippen LogP contribution >= 0.6 is 0 Å². The molecule has 2 aromatic rings. The molecule has 4 nitrogen and oxygen atoms in total. The molecule has 0 aliphatic carbocycles. The number of Topliss-reactive ketones (excluding diaryl/α,β-unsaturated/α-hetero) is 1. The maximum atomic E-state index is 11.9. The highest BCUT2D eigenvalue weighted by atomic mass is 16.3. The number of carbonyl (C=O) groups is 1. The monoisotopic (exact) mass is 218 g/mol. The van der Waals surface area contributed by atoms with Crippen LogP contribution in [0.15, 0.2) is 22.6 Å². The van der Waals surface area contributed by atoms with E-state index in [1.807, 2.05) is 27.0 Å². The zero-order chi connectivity index (χ0) is 11.7. The Balaban J connectivity index is 2.16. The highest BCUT2D eigenvalue weighted by Crippen LogP contribution is 2.11. The van der Waals surface area contributed by atoms with Crippen molar-refractivity contribution in [2.45, 2.75) is 20.3 Å². The van der Waals surface area contributed by atoms with Crippen molar-refractivity contribution in [2.75, 3.05) is 0 Å². The first-order chi connectivity index (χ1) is 7.56. The molecule has 0 N–H and O–H groups in total. The van der Waals surface area contributed by atoms with E-state index in [0.717, 1.165) is 17.1 Å². The van der Waals surface area contributed by atoms with Crippen molar-refractivity contribution in [1.82, 2.24) is 9.78 Å². The molecule has 2 heterocycles. The summed E-state index contributed by atoms with van der Waals surface area (Å²) in [5.74, 6) is 1.15. The predicted molar refractivity (Wildman–Crippen MR) is 59.4 cm³/mol. The Morgan fingerprint density at radius 2 is 2.19 bits per heavy atom. The third-order valence-electron chi connectivity index (χ3n) is 2.46. The minimum Gasteiger partial charge on any atom is -0.458 e. The zero-order valence-electron chi connectivity index (χ0n) is 9.65. The second-order valence-corrected chi connectivity index (χ2v) is 3.91. The number of rotatable bonds is 3. The SMILES string of the molecule is Cc1cc(CC(=O)c2ccc(C)o2)n(C)n1. The number of furan rings is 1. The molecular formula is C12H14N2O2. The molecule has 0 saturated carbocycles. The smallest absolute Gasteiger partial charge is 0.203 e. The van der Waals surface area contributed by atoms with E-state index < -0.39 is 0 Å². The van der Waals surface area contributed by atoms with Gasteiger partial charge in [-0.25, -0.2) is 0 Å². The maximum absolute atomic E-state index is 11.9. The highest BCUT2D eigenvalue weighted by molar-refractivity contribution is 5.94. The van der Waals surface area contributed by atoms with E-state index in [1.54, 1.807) is 16.8 Å². The number of aromatic nitrogens is 2. The van der Waals surface area contributed by atoms with Crippen LogP contribution in [-0.4, -0.2) is 15.6 Å². The van der Waals surface area contributed by atoms with E-state index in [9.17, 15) is 4.79 Å². The van der Waals surface area contributed by atoms with E-state index in [-0.39, 0.29) is 5.78 Å². The van der Waals surface area contributed by atoms with E-state index in [4.69, 9.17) is 4.42 Å². The van der Waals surface area contributed by atoms with E-state index >= 15 is 0 Å². The minimum atomic E-state index is -0.0175. The highest BCUT2D eigenvalue weighted by Gasteiger charge is 2.13. The van der Waals surface area contributed by atoms with Crippen molar-refractivity contribution < 1.29 is 9.21 Å². The summed E-state index contributed by atoms with van der Waals surface area (Å²) in [6.07, 6.45) is 0.324. The lowest BCUT2D eigenvalue weighted by atomic mass is 10.2. The molecule has 2 aromatic heterocycles. The molecule has 2 rings (SSSR count). The van der Waals surface area contributed by atoms with Crippen LogP contribution in [0.5, 0.6) is 0 Å². The van der Waals surface area contributed by atoms with Crippen molar-refractivity contribution in [3.05, 3.63) is 41.1 Å². The Hall–Kier alpha value is -1.84. The van der Waals surface area contributed by atoms with Crippen LogP contribution in [0.2, 0.25) is 0 Å². The zero-order valence-corrected chi connectivity index (χ0v) is 9.65. The molecule has 0 spiro atoms. The summed E-state index contributed by atoms with van der Waals surface area (Å²) >= 11 is 0. The average molecular weight is 218 g/mol. The molecule has 84 valence electrons. The molecule has 4 heteroatoms. The number of ketones is 1. The Kier molecular flexibility index (Phi) is 2.64. The number of carbonyl (C=O) groups excluding carboxylic acids is 1. The summed E-state index contributed by atoms with van der Waals surface area (Å²) < 4.78 is 7.01. The fourth-order valence-electron chi connectivity index (χ4n) is 1.67. The quantitative estimate of drug-likeness (QED) is 0.741. The molecule has 16 heavy (non-hydrogen) atoms. The predicted octanol–water partition coefficient (Wildman–Crippen LogP) is 2.06. The second-order valence-electron chi connectivity index (χ2n) is 3.91. The maximum Gasteiger partial charge on any atom is 0.203 e. The van der Waals surface area contributed by atoms with Gasteiger partial charge >= 0.3 is 0 Å². The summed E-state index contributed by atoms with van der Waals surface area (Å²) in [7, 11) is 1.84. The standard InChI is InChI=1S/C12H14N2O2/c1-8-6-10(14(3)13-8)7-11(15)12-5-4-9(2)16-12/h4-6H,7H2,1-3H3. The van der Waals surface area contributed by atoms with Crippen LogP contribution in [0.4, 0.5) is 0 Å². The van der Waals surface area contributed by atoms with Crippen molar-refractivity contribution in [3.8, 4) is 0 Å². The van der Waals surface area contributed by atoms with Gasteiger partial charge in [0.15, 0.2) is 5.76 Å². The van der Waals surface area contributed by atoms with Gasteiger partial charge in [-0.1, -0.05) is 0 Å². The number of nitrogens with zero attached hydrogens (tertiary/aromatic N) is 2. The second kappa shape index (κ2) is 3.96. The molecule has 0 bridgehead atoms. The summed E-state index contributed by atoms with van der Waals surface area (Å²) in [4.78, 5) is 11.9. The first kappa shape index (κ1) is 10.7. The molecule has 0 aliphatic heterocycles. The number of aryl methyl sites for hydroxylation is 3. The first-order valence-electron chi connectivity index (χ1n) is 5.15. The van der Waals surface area contributed by atoms with Crippen molar-refractivity contribution >= 4 is 5.78 Å². The van der Waals surface area contributed by atoms with Crippen molar-refractivity contribution in [3.63, 3.8) is 0 Å². The van der Waals surface area contributed by atoms with Gasteiger partial charge in [0.1, 0.15) is 5.76 Å². The number of hydrogen-bond acceptors (Lipinski definition) is 3. The molecule has 0 aliphatic rings. The molecule has 0 aromatic carbocycles. The Morgan fingerprint density at radius 1 is 1.44 bits per heavy atom. The van der Waals surface area contributed by atoms with Gasteiger partial charge in [-0.05, 0) is 32.0 Å². The van der Waals surface area contributed by atoms with Crippen LogP contribution in [-0.2, 0) is 13.5 Å². The van der Waals surface area contributed by atoms with Gasteiger partial charge in [0.2, 0.25) is 5.78 Å². The van der Waals surface area contributed by atoms with E-state index in [0.29, 0.717) is 12.2 Å². The molecule has 0 unspecified atom stereocenters. The van der Waals surface area contributed by atoms with E-state index in [2.05, 4.69) is 5.10 Å². The Bertz CT molecular complexity index is 523. The average Bonchev–Trinajstić information content (AvgIpc) is 2.74. The van der Waals surface area contributed by atoms with Gasteiger partial charge in [0.05, 0.1) is 12.1 Å². The first-order valence-corrected chi connectivity index (χ1v) is 5.15. The van der Waals surface area contributed by atoms with Gasteiger partial charge < -0.3 is 4.42 Å². The van der Waals surface area contributed by atoms with Gasteiger partial charge in [0, 0.05) is 12.7 Å². The third-order valence-corrected chi connectivity index (χ3v) is 2.46. The summed E-state index contributed by atoms with van der Waals surface area (Å²) in [5, 5.41) is 4.20. The summed E-state index contributed by atoms with van der Waals surface area (Å²) in [5.41, 5.74) is 1.82. The molecule has 0 saturated heterocycles. The molecular weight excluding hydrogens is 204 g/mol. The normalized spacial score (nSPS) is 10.7. The summed E-state index contributed by atoms with van der Waals surface area (Å²) in [6.45, 7) is 3.73. The molecule has 0 fully saturated rings. The lowest BCUT2D eigenvalue weighted by Gasteiger charge is -1.98. The van der Waals surface area contributed by atoms with Gasteiger partial charge in [-0.3, -0.25) is 9.48 Å². The van der Waals surface area contributed by atoms with Crippen LogP contribution in [0.1, 0.15) is 27.7 Å². The lowest BCUT2D eigenvalue weighted by molar-refractivity contribution is 0.0963. The van der Waals surface area contributed by atoms with Crippen LogP contribution < -0.4 is 0 Å². The molecule has 0 atom stereocenters.